The zero-order chi connectivity index (χ0) is 19.6. The number of carbonyl (C=O) groups is 3. The van der Waals surface area contributed by atoms with Crippen LogP contribution in [0.4, 0.5) is 0 Å². The van der Waals surface area contributed by atoms with Gasteiger partial charge < -0.3 is 9.47 Å². The van der Waals surface area contributed by atoms with Crippen LogP contribution in [0.25, 0.3) is 5.76 Å². The quantitative estimate of drug-likeness (QED) is 0.465. The number of hydrogen-bond acceptors (Lipinski definition) is 5. The summed E-state index contributed by atoms with van der Waals surface area (Å²) in [7, 11) is 1.30. The van der Waals surface area contributed by atoms with Gasteiger partial charge in [0, 0.05) is 24.1 Å². The highest BCUT2D eigenvalue weighted by atomic mass is 16.5. The van der Waals surface area contributed by atoms with Gasteiger partial charge in [-0.1, -0.05) is 36.4 Å². The molecule has 1 aromatic rings. The normalized spacial score (nSPS) is 20.5. The third-order valence-electron chi connectivity index (χ3n) is 4.58. The van der Waals surface area contributed by atoms with Gasteiger partial charge in [0.25, 0.3) is 5.91 Å². The predicted molar refractivity (Wildman–Crippen MR) is 98.8 cm³/mol. The molecule has 6 heteroatoms. The molecule has 1 saturated heterocycles. The van der Waals surface area contributed by atoms with Crippen LogP contribution in [0.3, 0.4) is 0 Å². The Balaban J connectivity index is 2.17. The van der Waals surface area contributed by atoms with E-state index in [0.29, 0.717) is 35.6 Å². The summed E-state index contributed by atoms with van der Waals surface area (Å²) in [5.74, 6) is -1.19. The summed E-state index contributed by atoms with van der Waals surface area (Å²) in [6.07, 6.45) is 3.69. The van der Waals surface area contributed by atoms with E-state index in [1.807, 2.05) is 37.3 Å². The molecule has 0 spiro atoms. The molecule has 140 valence electrons. The van der Waals surface area contributed by atoms with E-state index in [2.05, 4.69) is 0 Å². The molecule has 1 aliphatic heterocycles. The lowest BCUT2D eigenvalue weighted by molar-refractivity contribution is -0.138. The van der Waals surface area contributed by atoms with Crippen molar-refractivity contribution in [2.45, 2.75) is 20.3 Å². The molecule has 0 bridgehead atoms. The molecule has 6 nitrogen and oxygen atoms in total. The summed E-state index contributed by atoms with van der Waals surface area (Å²) in [4.78, 5) is 38.3. The molecule has 1 fully saturated rings. The summed E-state index contributed by atoms with van der Waals surface area (Å²) in [5.41, 5.74) is 2.03. The summed E-state index contributed by atoms with van der Waals surface area (Å²) >= 11 is 0. The highest BCUT2D eigenvalue weighted by molar-refractivity contribution is 6.13. The van der Waals surface area contributed by atoms with Crippen LogP contribution in [0.15, 0.2) is 59.3 Å². The lowest BCUT2D eigenvalue weighted by Crippen LogP contribution is -2.29. The minimum absolute atomic E-state index is 0.335. The fourth-order valence-corrected chi connectivity index (χ4v) is 3.45. The number of methoxy groups -OCH3 is 1. The van der Waals surface area contributed by atoms with Gasteiger partial charge in [0.2, 0.25) is 5.91 Å². The minimum atomic E-state index is -0.498. The summed E-state index contributed by atoms with van der Waals surface area (Å²) in [6, 6.07) is 9.34. The van der Waals surface area contributed by atoms with Gasteiger partial charge in [-0.15, -0.1) is 0 Å². The Bertz CT molecular complexity index is 879. The first-order valence-corrected chi connectivity index (χ1v) is 8.77. The molecular formula is C21H21NO5. The molecule has 1 atom stereocenters. The Morgan fingerprint density at radius 2 is 1.93 bits per heavy atom. The van der Waals surface area contributed by atoms with Crippen molar-refractivity contribution >= 4 is 23.5 Å². The molecule has 2 aliphatic rings. The van der Waals surface area contributed by atoms with E-state index >= 15 is 0 Å². The number of allylic oxidation sites excluding steroid dienone is 2. The van der Waals surface area contributed by atoms with Crippen LogP contribution in [-0.4, -0.2) is 36.4 Å². The van der Waals surface area contributed by atoms with E-state index in [-0.39, 0.29) is 5.92 Å². The largest absolute Gasteiger partial charge is 0.493 e. The van der Waals surface area contributed by atoms with Crippen LogP contribution in [0, 0.1) is 5.92 Å². The zero-order valence-corrected chi connectivity index (χ0v) is 15.5. The topological polar surface area (TPSA) is 72.9 Å². The van der Waals surface area contributed by atoms with Gasteiger partial charge in [-0.3, -0.25) is 14.5 Å². The highest BCUT2D eigenvalue weighted by Crippen LogP contribution is 2.43. The predicted octanol–water partition coefficient (Wildman–Crippen LogP) is 2.83. The first-order valence-electron chi connectivity index (χ1n) is 8.77. The van der Waals surface area contributed by atoms with Gasteiger partial charge >= 0.3 is 5.97 Å². The lowest BCUT2D eigenvalue weighted by Gasteiger charge is -2.20. The molecule has 0 N–H and O–H groups in total. The average molecular weight is 367 g/mol. The summed E-state index contributed by atoms with van der Waals surface area (Å²) < 4.78 is 10.6. The van der Waals surface area contributed by atoms with Crippen molar-refractivity contribution in [2.24, 2.45) is 5.92 Å². The van der Waals surface area contributed by atoms with Crippen molar-refractivity contribution in [1.29, 1.82) is 0 Å². The summed E-state index contributed by atoms with van der Waals surface area (Å²) in [6.45, 7) is 3.56. The Labute approximate surface area is 157 Å². The number of amides is 2. The second kappa shape index (κ2) is 7.61. The molecule has 1 aliphatic carbocycles. The molecule has 2 amide bonds. The second-order valence-corrected chi connectivity index (χ2v) is 6.21. The van der Waals surface area contributed by atoms with E-state index < -0.39 is 17.8 Å². The molecule has 1 heterocycles. The van der Waals surface area contributed by atoms with Gasteiger partial charge in [-0.25, -0.2) is 4.79 Å². The van der Waals surface area contributed by atoms with Crippen LogP contribution < -0.4 is 0 Å². The van der Waals surface area contributed by atoms with Gasteiger partial charge in [-0.2, -0.15) is 0 Å². The first kappa shape index (κ1) is 18.6. The van der Waals surface area contributed by atoms with E-state index in [9.17, 15) is 14.4 Å². The molecule has 0 radical (unpaired) electrons. The average Bonchev–Trinajstić information content (AvgIpc) is 2.97. The monoisotopic (exact) mass is 367 g/mol. The number of fused-ring (bicyclic) bond motifs is 1. The van der Waals surface area contributed by atoms with Crippen LogP contribution in [0.2, 0.25) is 0 Å². The number of nitrogens with zero attached hydrogens (tertiary/aromatic N) is 1. The van der Waals surface area contributed by atoms with Crippen molar-refractivity contribution in [3.63, 3.8) is 0 Å². The van der Waals surface area contributed by atoms with Crippen LogP contribution in [0.1, 0.15) is 25.8 Å². The van der Waals surface area contributed by atoms with Gasteiger partial charge in [-0.05, 0) is 19.4 Å². The highest BCUT2D eigenvalue weighted by Gasteiger charge is 2.45. The Hall–Kier alpha value is -3.15. The Kier molecular flexibility index (Phi) is 5.26. The number of imide groups is 1. The Morgan fingerprint density at radius 3 is 2.52 bits per heavy atom. The van der Waals surface area contributed by atoms with Gasteiger partial charge in [0.05, 0.1) is 24.9 Å². The zero-order valence-electron chi connectivity index (χ0n) is 15.5. The molecule has 3 rings (SSSR count). The van der Waals surface area contributed by atoms with Crippen molar-refractivity contribution in [1.82, 2.24) is 4.90 Å². The van der Waals surface area contributed by atoms with Gasteiger partial charge in [0.15, 0.2) is 0 Å². The van der Waals surface area contributed by atoms with E-state index in [1.165, 1.54) is 14.0 Å². The number of benzene rings is 1. The second-order valence-electron chi connectivity index (χ2n) is 6.21. The van der Waals surface area contributed by atoms with Crippen molar-refractivity contribution in [3.8, 4) is 0 Å². The number of rotatable bonds is 4. The maximum absolute atomic E-state index is 13.1. The molecular weight excluding hydrogens is 346 g/mol. The van der Waals surface area contributed by atoms with Crippen LogP contribution in [0.5, 0.6) is 0 Å². The molecule has 27 heavy (non-hydrogen) atoms. The van der Waals surface area contributed by atoms with Crippen LogP contribution >= 0.6 is 0 Å². The third kappa shape index (κ3) is 3.30. The fraction of sp³-hybridized carbons (Fsp3) is 0.286. The third-order valence-corrected chi connectivity index (χ3v) is 4.58. The van der Waals surface area contributed by atoms with Crippen LogP contribution in [-0.2, 0) is 23.9 Å². The molecule has 1 unspecified atom stereocenters. The minimum Gasteiger partial charge on any atom is -0.493 e. The van der Waals surface area contributed by atoms with E-state index in [4.69, 9.17) is 9.47 Å². The number of carbonyl (C=O) groups excluding carboxylic acids is 3. The number of esters is 1. The van der Waals surface area contributed by atoms with E-state index in [1.54, 1.807) is 12.2 Å². The Morgan fingerprint density at radius 1 is 1.22 bits per heavy atom. The van der Waals surface area contributed by atoms with Crippen molar-refractivity contribution in [3.05, 3.63) is 64.9 Å². The molecule has 0 saturated carbocycles. The first-order chi connectivity index (χ1) is 13.0. The molecule has 0 aromatic heterocycles. The number of likely N-dealkylation sites (tertiary alicyclic amines) is 1. The number of hydrogen-bond donors (Lipinski definition) is 0. The maximum Gasteiger partial charge on any atom is 0.337 e. The maximum atomic E-state index is 13.1. The van der Waals surface area contributed by atoms with Gasteiger partial charge in [0.1, 0.15) is 5.76 Å². The van der Waals surface area contributed by atoms with Crippen molar-refractivity contribution < 1.29 is 23.9 Å². The van der Waals surface area contributed by atoms with Crippen molar-refractivity contribution in [2.75, 3.05) is 13.7 Å². The fourth-order valence-electron chi connectivity index (χ4n) is 3.45. The lowest BCUT2D eigenvalue weighted by atomic mass is 9.88. The summed E-state index contributed by atoms with van der Waals surface area (Å²) in [5, 5.41) is 0. The standard InChI is InChI=1S/C21H21NO5/c1-4-27-19(14-8-6-5-7-9-14)18-16-11-10-15(21(25)26-3)12-17(16)22(13(2)23)20(18)24/h5-10,12,16H,4,11H2,1-3H3. The van der Waals surface area contributed by atoms with E-state index in [0.717, 1.165) is 10.5 Å². The SMILES string of the molecule is CCOC(=C1C(=O)N(C(C)=O)C2=CC(C(=O)OC)=CCC21)c1ccccc1. The smallest absolute Gasteiger partial charge is 0.337 e. The number of ether oxygens (including phenoxy) is 2. The molecule has 1 aromatic carbocycles.